The van der Waals surface area contributed by atoms with Crippen LogP contribution < -0.4 is 11.1 Å². The molecule has 1 aromatic carbocycles. The number of nitrogens with zero attached hydrogens (tertiary/aromatic N) is 2. The Morgan fingerprint density at radius 3 is 2.75 bits per heavy atom. The molecule has 1 heterocycles. The number of nitrogens with one attached hydrogen (secondary N) is 1. The summed E-state index contributed by atoms with van der Waals surface area (Å²) in [6.07, 6.45) is 11.1. The molecule has 2 fully saturated rings. The number of benzene rings is 1. The minimum atomic E-state index is 0.0225. The molecule has 4 rings (SSSR count). The first-order chi connectivity index (χ1) is 11.7. The molecule has 0 radical (unpaired) electrons. The quantitative estimate of drug-likeness (QED) is 0.911. The molecule has 5 heteroatoms. The fraction of sp³-hybridized carbons (Fsp3) is 0.474. The van der Waals surface area contributed by atoms with Crippen LogP contribution in [-0.4, -0.2) is 27.5 Å². The van der Waals surface area contributed by atoms with E-state index in [1.807, 2.05) is 35.0 Å². The lowest BCUT2D eigenvalue weighted by Gasteiger charge is -2.45. The van der Waals surface area contributed by atoms with Gasteiger partial charge in [-0.2, -0.15) is 0 Å². The van der Waals surface area contributed by atoms with Crippen LogP contribution >= 0.6 is 0 Å². The normalized spacial score (nSPS) is 29.2. The Bertz CT molecular complexity index is 698. The van der Waals surface area contributed by atoms with Crippen LogP contribution in [0.15, 0.2) is 43.0 Å². The van der Waals surface area contributed by atoms with Crippen molar-refractivity contribution in [2.45, 2.75) is 44.2 Å². The van der Waals surface area contributed by atoms with Crippen LogP contribution in [0.5, 0.6) is 0 Å². The molecule has 5 nitrogen and oxygen atoms in total. The Morgan fingerprint density at radius 2 is 2.04 bits per heavy atom. The summed E-state index contributed by atoms with van der Waals surface area (Å²) in [5, 5.41) is 3.31. The predicted molar refractivity (Wildman–Crippen MR) is 92.9 cm³/mol. The fourth-order valence-corrected chi connectivity index (χ4v) is 4.48. The number of fused-ring (bicyclic) bond motifs is 2. The first-order valence-electron chi connectivity index (χ1n) is 8.85. The lowest BCUT2D eigenvalue weighted by Crippen LogP contribution is -2.53. The maximum absolute atomic E-state index is 12.8. The smallest absolute Gasteiger partial charge is 0.251 e. The molecule has 24 heavy (non-hydrogen) atoms. The van der Waals surface area contributed by atoms with Crippen molar-refractivity contribution in [1.82, 2.24) is 14.9 Å². The van der Waals surface area contributed by atoms with Gasteiger partial charge in [-0.05, 0) is 55.7 Å². The predicted octanol–water partition coefficient (Wildman–Crippen LogP) is 2.51. The Morgan fingerprint density at radius 1 is 1.25 bits per heavy atom. The second kappa shape index (κ2) is 6.40. The molecule has 2 unspecified atom stereocenters. The standard InChI is InChI=1S/C19H24N4O/c20-16-9-13-3-1-4-14(10-16)18(13)22-19(24)15-5-2-6-17(11-15)23-8-7-21-12-23/h2,5-8,11-14,16,18H,1,3-4,9-10,20H2,(H,22,24). The van der Waals surface area contributed by atoms with Gasteiger partial charge < -0.3 is 15.6 Å². The van der Waals surface area contributed by atoms with Gasteiger partial charge in [-0.25, -0.2) is 4.98 Å². The van der Waals surface area contributed by atoms with Crippen LogP contribution in [0, 0.1) is 11.8 Å². The van der Waals surface area contributed by atoms with Crippen molar-refractivity contribution in [3.05, 3.63) is 48.5 Å². The summed E-state index contributed by atoms with van der Waals surface area (Å²) < 4.78 is 1.91. The molecule has 2 bridgehead atoms. The van der Waals surface area contributed by atoms with Crippen LogP contribution in [0.2, 0.25) is 0 Å². The Labute approximate surface area is 142 Å². The summed E-state index contributed by atoms with van der Waals surface area (Å²) in [7, 11) is 0. The van der Waals surface area contributed by atoms with Gasteiger partial charge in [-0.15, -0.1) is 0 Å². The van der Waals surface area contributed by atoms with E-state index in [4.69, 9.17) is 5.73 Å². The van der Waals surface area contributed by atoms with Crippen molar-refractivity contribution >= 4 is 5.91 Å². The van der Waals surface area contributed by atoms with Crippen LogP contribution in [0.25, 0.3) is 5.69 Å². The van der Waals surface area contributed by atoms with Gasteiger partial charge in [0.25, 0.3) is 5.91 Å². The molecule has 2 aliphatic rings. The molecule has 1 aromatic heterocycles. The van der Waals surface area contributed by atoms with Gasteiger partial charge in [-0.3, -0.25) is 4.79 Å². The Kier molecular flexibility index (Phi) is 4.10. The summed E-state index contributed by atoms with van der Waals surface area (Å²) in [6.45, 7) is 0. The van der Waals surface area contributed by atoms with Crippen molar-refractivity contribution in [2.24, 2.45) is 17.6 Å². The monoisotopic (exact) mass is 324 g/mol. The van der Waals surface area contributed by atoms with Gasteiger partial charge in [0.1, 0.15) is 0 Å². The summed E-state index contributed by atoms with van der Waals surface area (Å²) >= 11 is 0. The van der Waals surface area contributed by atoms with Crippen molar-refractivity contribution < 1.29 is 4.79 Å². The highest BCUT2D eigenvalue weighted by Crippen LogP contribution is 2.39. The van der Waals surface area contributed by atoms with Crippen LogP contribution in [0.1, 0.15) is 42.5 Å². The van der Waals surface area contributed by atoms with E-state index in [9.17, 15) is 4.79 Å². The van der Waals surface area contributed by atoms with E-state index < -0.39 is 0 Å². The molecular formula is C19H24N4O. The number of nitrogens with two attached hydrogens (primary N) is 1. The highest BCUT2D eigenvalue weighted by molar-refractivity contribution is 5.95. The summed E-state index contributed by atoms with van der Waals surface area (Å²) in [5.41, 5.74) is 7.83. The number of rotatable bonds is 3. The van der Waals surface area contributed by atoms with Crippen molar-refractivity contribution in [3.8, 4) is 5.69 Å². The zero-order valence-corrected chi connectivity index (χ0v) is 13.8. The third-order valence-corrected chi connectivity index (χ3v) is 5.59. The maximum Gasteiger partial charge on any atom is 0.251 e. The van der Waals surface area contributed by atoms with E-state index >= 15 is 0 Å². The number of hydrogen-bond donors (Lipinski definition) is 2. The molecule has 2 aliphatic carbocycles. The Balaban J connectivity index is 1.51. The number of amides is 1. The SMILES string of the molecule is NC1CC2CCCC(C1)C2NC(=O)c1cccc(-n2ccnc2)c1. The summed E-state index contributed by atoms with van der Waals surface area (Å²) in [6, 6.07) is 8.27. The average Bonchev–Trinajstić information content (AvgIpc) is 3.10. The van der Waals surface area contributed by atoms with E-state index in [0.717, 1.165) is 18.5 Å². The van der Waals surface area contributed by atoms with Crippen molar-refractivity contribution in [2.75, 3.05) is 0 Å². The van der Waals surface area contributed by atoms with E-state index in [1.54, 1.807) is 12.5 Å². The highest BCUT2D eigenvalue weighted by Gasteiger charge is 2.39. The fourth-order valence-electron chi connectivity index (χ4n) is 4.48. The molecule has 2 atom stereocenters. The third kappa shape index (κ3) is 2.96. The van der Waals surface area contributed by atoms with Gasteiger partial charge in [-0.1, -0.05) is 12.5 Å². The lowest BCUT2D eigenvalue weighted by molar-refractivity contribution is 0.0756. The summed E-state index contributed by atoms with van der Waals surface area (Å²) in [4.78, 5) is 16.8. The van der Waals surface area contributed by atoms with E-state index in [1.165, 1.54) is 19.3 Å². The molecule has 0 aliphatic heterocycles. The maximum atomic E-state index is 12.8. The molecule has 3 N–H and O–H groups in total. The molecule has 2 saturated carbocycles. The van der Waals surface area contributed by atoms with Crippen LogP contribution in [-0.2, 0) is 0 Å². The number of hydrogen-bond acceptors (Lipinski definition) is 3. The number of imidazole rings is 1. The topological polar surface area (TPSA) is 72.9 Å². The van der Waals surface area contributed by atoms with Gasteiger partial charge in [0.15, 0.2) is 0 Å². The van der Waals surface area contributed by atoms with E-state index in [2.05, 4.69) is 10.3 Å². The first kappa shape index (κ1) is 15.4. The van der Waals surface area contributed by atoms with Gasteiger partial charge in [0, 0.05) is 35.7 Å². The zero-order valence-electron chi connectivity index (χ0n) is 13.8. The average molecular weight is 324 g/mol. The van der Waals surface area contributed by atoms with Gasteiger partial charge in [0.05, 0.1) is 6.33 Å². The first-order valence-corrected chi connectivity index (χ1v) is 8.85. The molecule has 0 spiro atoms. The molecule has 1 amide bonds. The second-order valence-corrected chi connectivity index (χ2v) is 7.20. The van der Waals surface area contributed by atoms with Crippen LogP contribution in [0.3, 0.4) is 0 Å². The molecule has 2 aromatic rings. The minimum Gasteiger partial charge on any atom is -0.349 e. The van der Waals surface area contributed by atoms with Crippen molar-refractivity contribution in [1.29, 1.82) is 0 Å². The molecule has 0 saturated heterocycles. The van der Waals surface area contributed by atoms with Crippen molar-refractivity contribution in [3.63, 3.8) is 0 Å². The molecular weight excluding hydrogens is 300 g/mol. The van der Waals surface area contributed by atoms with E-state index in [0.29, 0.717) is 23.4 Å². The highest BCUT2D eigenvalue weighted by atomic mass is 16.1. The third-order valence-electron chi connectivity index (χ3n) is 5.59. The van der Waals surface area contributed by atoms with Gasteiger partial charge in [0.2, 0.25) is 0 Å². The van der Waals surface area contributed by atoms with E-state index in [-0.39, 0.29) is 11.9 Å². The Hall–Kier alpha value is -2.14. The largest absolute Gasteiger partial charge is 0.349 e. The number of carbonyl (C=O) groups excluding carboxylic acids is 1. The lowest BCUT2D eigenvalue weighted by atomic mass is 9.67. The van der Waals surface area contributed by atoms with Gasteiger partial charge >= 0.3 is 0 Å². The van der Waals surface area contributed by atoms with Crippen LogP contribution in [0.4, 0.5) is 0 Å². The summed E-state index contributed by atoms with van der Waals surface area (Å²) in [5.74, 6) is 1.09. The zero-order chi connectivity index (χ0) is 16.5. The molecule has 126 valence electrons. The number of carbonyl (C=O) groups is 1. The number of aromatic nitrogens is 2. The second-order valence-electron chi connectivity index (χ2n) is 7.20. The minimum absolute atomic E-state index is 0.0225.